The van der Waals surface area contributed by atoms with Crippen molar-refractivity contribution in [3.8, 4) is 17.4 Å². The molecule has 0 atom stereocenters. The van der Waals surface area contributed by atoms with E-state index in [4.69, 9.17) is 19.3 Å². The smallest absolute Gasteiger partial charge is 0.257 e. The summed E-state index contributed by atoms with van der Waals surface area (Å²) in [5.74, 6) is 1.65. The standard InChI is InChI=1S/C26H32N6O6/c1-17(2)37-20-10-19(26(35)29-22-6-7-31(3)30-22)11-21(12-20)38-24-14-27-23(13-28-24)32(15-18-4-5-18)25(34)16-36-9-8-33/h6-7,10-14,17-18,33H,4-5,8-9,15-16H2,1-3H3,(H,29,30,35)/p+1. The van der Waals surface area contributed by atoms with Gasteiger partial charge in [-0.15, -0.1) is 0 Å². The van der Waals surface area contributed by atoms with Crippen molar-refractivity contribution >= 4 is 23.5 Å². The number of aryl methyl sites for hydroxylation is 1. The van der Waals surface area contributed by atoms with Crippen LogP contribution in [0.4, 0.5) is 11.6 Å². The Morgan fingerprint density at radius 1 is 1.18 bits per heavy atom. The molecule has 1 saturated carbocycles. The Balaban J connectivity index is 1.50. The van der Waals surface area contributed by atoms with Crippen LogP contribution in [0.1, 0.15) is 37.0 Å². The molecule has 0 unspecified atom stereocenters. The van der Waals surface area contributed by atoms with Gasteiger partial charge in [-0.25, -0.2) is 9.97 Å². The van der Waals surface area contributed by atoms with Gasteiger partial charge in [0.25, 0.3) is 11.8 Å². The van der Waals surface area contributed by atoms with Gasteiger partial charge in [-0.1, -0.05) is 0 Å². The first-order chi connectivity index (χ1) is 18.3. The summed E-state index contributed by atoms with van der Waals surface area (Å²) in [6.45, 7) is 4.50. The van der Waals surface area contributed by atoms with Crippen LogP contribution in [0.15, 0.2) is 42.9 Å². The number of nitrogens with zero attached hydrogens (tertiary/aromatic N) is 5. The average molecular weight is 526 g/mol. The maximum absolute atomic E-state index is 12.9. The van der Waals surface area contributed by atoms with Crippen molar-refractivity contribution in [3.63, 3.8) is 0 Å². The highest BCUT2D eigenvalue weighted by atomic mass is 16.5. The second kappa shape index (κ2) is 12.5. The number of hydrogen-bond acceptors (Lipinski definition) is 8. The van der Waals surface area contributed by atoms with Gasteiger partial charge in [0.1, 0.15) is 24.7 Å². The number of carbonyl (C=O) groups excluding carboxylic acids is 2. The number of ether oxygens (including phenoxy) is 3. The van der Waals surface area contributed by atoms with Gasteiger partial charge in [0.2, 0.25) is 5.88 Å². The second-order valence-corrected chi connectivity index (χ2v) is 9.25. The zero-order valence-electron chi connectivity index (χ0n) is 21.7. The van der Waals surface area contributed by atoms with E-state index in [-0.39, 0.29) is 43.6 Å². The van der Waals surface area contributed by atoms with Gasteiger partial charge in [-0.05, 0) is 44.7 Å². The molecule has 202 valence electrons. The van der Waals surface area contributed by atoms with Crippen molar-refractivity contribution in [1.82, 2.24) is 19.7 Å². The molecule has 0 saturated heterocycles. The minimum absolute atomic E-state index is 0.0949. The van der Waals surface area contributed by atoms with Crippen LogP contribution in [0.5, 0.6) is 17.4 Å². The fourth-order valence-corrected chi connectivity index (χ4v) is 3.59. The van der Waals surface area contributed by atoms with Crippen LogP contribution in [0.2, 0.25) is 0 Å². The zero-order chi connectivity index (χ0) is 27.1. The summed E-state index contributed by atoms with van der Waals surface area (Å²) in [6.07, 6.45) is 6.65. The minimum Gasteiger partial charge on any atom is -0.491 e. The number of carbonyl (C=O) groups is 2. The molecular formula is C26H33N6O6+. The van der Waals surface area contributed by atoms with E-state index in [1.54, 1.807) is 47.1 Å². The molecule has 0 radical (unpaired) electrons. The van der Waals surface area contributed by atoms with E-state index in [9.17, 15) is 9.59 Å². The molecule has 12 nitrogen and oxygen atoms in total. The van der Waals surface area contributed by atoms with E-state index in [0.29, 0.717) is 41.2 Å². The molecule has 1 aliphatic rings. The molecule has 2 aromatic heterocycles. The van der Waals surface area contributed by atoms with Crippen molar-refractivity contribution in [2.45, 2.75) is 32.8 Å². The molecule has 0 bridgehead atoms. The van der Waals surface area contributed by atoms with Gasteiger partial charge in [0.05, 0.1) is 18.5 Å². The summed E-state index contributed by atoms with van der Waals surface area (Å²) >= 11 is 0. The summed E-state index contributed by atoms with van der Waals surface area (Å²) in [7, 11) is 1.76. The third-order valence-corrected chi connectivity index (χ3v) is 5.49. The summed E-state index contributed by atoms with van der Waals surface area (Å²) in [4.78, 5) is 35.9. The molecule has 3 aromatic rings. The van der Waals surface area contributed by atoms with E-state index >= 15 is 0 Å². The van der Waals surface area contributed by atoms with Crippen molar-refractivity contribution in [3.05, 3.63) is 48.4 Å². The lowest BCUT2D eigenvalue weighted by Crippen LogP contribution is -2.36. The van der Waals surface area contributed by atoms with Crippen molar-refractivity contribution in [2.24, 2.45) is 13.0 Å². The van der Waals surface area contributed by atoms with Gasteiger partial charge in [0.15, 0.2) is 18.2 Å². The Labute approximate surface area is 220 Å². The van der Waals surface area contributed by atoms with Crippen molar-refractivity contribution in [2.75, 3.05) is 36.6 Å². The van der Waals surface area contributed by atoms with Gasteiger partial charge in [-0.3, -0.25) is 19.2 Å². The van der Waals surface area contributed by atoms with E-state index in [1.165, 1.54) is 12.4 Å². The van der Waals surface area contributed by atoms with Crippen molar-refractivity contribution < 1.29 is 28.9 Å². The van der Waals surface area contributed by atoms with Gasteiger partial charge in [0, 0.05) is 37.5 Å². The first-order valence-electron chi connectivity index (χ1n) is 12.5. The highest BCUT2D eigenvalue weighted by molar-refractivity contribution is 6.04. The minimum atomic E-state index is -0.369. The summed E-state index contributed by atoms with van der Waals surface area (Å²) in [6, 6.07) is 6.57. The number of benzene rings is 1. The van der Waals surface area contributed by atoms with E-state index < -0.39 is 0 Å². The monoisotopic (exact) mass is 525 g/mol. The van der Waals surface area contributed by atoms with E-state index in [2.05, 4.69) is 20.4 Å². The highest BCUT2D eigenvalue weighted by Gasteiger charge is 2.28. The average Bonchev–Trinajstić information content (AvgIpc) is 3.61. The van der Waals surface area contributed by atoms with Crippen LogP contribution < -0.4 is 19.7 Å². The third-order valence-electron chi connectivity index (χ3n) is 5.49. The Kier molecular flexibility index (Phi) is 8.87. The number of anilines is 2. The number of rotatable bonds is 13. The molecule has 2 heterocycles. The third kappa shape index (κ3) is 7.73. The van der Waals surface area contributed by atoms with Crippen LogP contribution in [-0.4, -0.2) is 69.1 Å². The quantitative estimate of drug-likeness (QED) is 0.265. The Morgan fingerprint density at radius 2 is 1.97 bits per heavy atom. The van der Waals surface area contributed by atoms with Crippen LogP contribution >= 0.6 is 0 Å². The van der Waals surface area contributed by atoms with Crippen LogP contribution in [0, 0.1) is 5.92 Å². The molecule has 4 rings (SSSR count). The fourth-order valence-electron chi connectivity index (χ4n) is 3.59. The zero-order valence-corrected chi connectivity index (χ0v) is 21.7. The normalized spacial score (nSPS) is 12.9. The molecule has 0 aliphatic heterocycles. The fraction of sp³-hybridized carbons (Fsp3) is 0.423. The number of aromatic nitrogens is 4. The van der Waals surface area contributed by atoms with Gasteiger partial charge < -0.3 is 24.6 Å². The van der Waals surface area contributed by atoms with Gasteiger partial charge in [-0.2, -0.15) is 5.10 Å². The molecule has 38 heavy (non-hydrogen) atoms. The maximum atomic E-state index is 12.9. The predicted octanol–water partition coefficient (Wildman–Crippen LogP) is 2.53. The Bertz CT molecular complexity index is 1240. The summed E-state index contributed by atoms with van der Waals surface area (Å²) in [5, 5.41) is 14.1. The van der Waals surface area contributed by atoms with Gasteiger partial charge >= 0.3 is 0 Å². The largest absolute Gasteiger partial charge is 0.491 e. The lowest BCUT2D eigenvalue weighted by Gasteiger charge is -2.21. The van der Waals surface area contributed by atoms with Crippen LogP contribution in [0.3, 0.4) is 0 Å². The number of nitrogens with one attached hydrogen (secondary N) is 1. The summed E-state index contributed by atoms with van der Waals surface area (Å²) < 4.78 is 18.6. The number of amides is 2. The molecule has 0 spiro atoms. The first-order valence-corrected chi connectivity index (χ1v) is 12.5. The molecule has 1 aromatic carbocycles. The van der Waals surface area contributed by atoms with E-state index in [1.807, 2.05) is 13.8 Å². The topological polar surface area (TPSA) is 144 Å². The molecular weight excluding hydrogens is 492 g/mol. The Hall–Kier alpha value is -4.03. The number of hydrogen-bond donors (Lipinski definition) is 1. The van der Waals surface area contributed by atoms with Crippen LogP contribution in [0.25, 0.3) is 0 Å². The molecule has 3 N–H and O–H groups in total. The Morgan fingerprint density at radius 3 is 2.61 bits per heavy atom. The van der Waals surface area contributed by atoms with E-state index in [0.717, 1.165) is 12.8 Å². The maximum Gasteiger partial charge on any atom is 0.257 e. The van der Waals surface area contributed by atoms with Crippen LogP contribution in [-0.2, 0) is 16.6 Å². The molecule has 1 fully saturated rings. The SMILES string of the molecule is CC(C)Oc1cc(Oc2cnc(N(CC3CC3)C(=O)COCC[OH2+])cn2)cc(C(=O)Nc2ccn(C)n2)c1. The molecule has 12 heteroatoms. The predicted molar refractivity (Wildman–Crippen MR) is 140 cm³/mol. The second-order valence-electron chi connectivity index (χ2n) is 9.25. The lowest BCUT2D eigenvalue weighted by molar-refractivity contribution is -0.123. The molecule has 2 amide bonds. The summed E-state index contributed by atoms with van der Waals surface area (Å²) in [5.41, 5.74) is 0.322. The first kappa shape index (κ1) is 27.0. The van der Waals surface area contributed by atoms with Crippen molar-refractivity contribution in [1.29, 1.82) is 0 Å². The molecule has 1 aliphatic carbocycles. The lowest BCUT2D eigenvalue weighted by atomic mass is 10.2. The highest BCUT2D eigenvalue weighted by Crippen LogP contribution is 2.32.